The molecular formula is C23H29N3O2. The lowest BCUT2D eigenvalue weighted by molar-refractivity contribution is -0.123. The third-order valence-corrected chi connectivity index (χ3v) is 5.32. The first-order valence-corrected chi connectivity index (χ1v) is 9.96. The van der Waals surface area contributed by atoms with Gasteiger partial charge in [-0.2, -0.15) is 0 Å². The van der Waals surface area contributed by atoms with Crippen molar-refractivity contribution in [1.29, 1.82) is 0 Å². The summed E-state index contributed by atoms with van der Waals surface area (Å²) in [5.74, 6) is 0.473. The summed E-state index contributed by atoms with van der Waals surface area (Å²) in [6.07, 6.45) is 2.42. The molecule has 0 aliphatic carbocycles. The Morgan fingerprint density at radius 1 is 1.04 bits per heavy atom. The van der Waals surface area contributed by atoms with E-state index in [2.05, 4.69) is 17.1 Å². The summed E-state index contributed by atoms with van der Waals surface area (Å²) in [7, 11) is 0. The number of carbonyl (C=O) groups is 2. The Hall–Kier alpha value is -2.82. The van der Waals surface area contributed by atoms with E-state index in [1.807, 2.05) is 54.6 Å². The molecule has 2 amide bonds. The van der Waals surface area contributed by atoms with Crippen LogP contribution in [0.15, 0.2) is 54.6 Å². The highest BCUT2D eigenvalue weighted by Crippen LogP contribution is 2.25. The zero-order valence-electron chi connectivity index (χ0n) is 16.7. The Kier molecular flexibility index (Phi) is 6.69. The van der Waals surface area contributed by atoms with Crippen molar-refractivity contribution in [2.45, 2.75) is 33.2 Å². The van der Waals surface area contributed by atoms with Crippen molar-refractivity contribution in [3.05, 3.63) is 60.2 Å². The standard InChI is InChI=1S/C23H29N3O2/c1-18-12-14-25(15-13-18)21-8-10-22(11-9-21)26(19(2)27)17-23(28)24-16-20-6-4-3-5-7-20/h3-11,18H,12-17H2,1-2H3,(H,24,28). The number of benzene rings is 2. The van der Waals surface area contributed by atoms with E-state index >= 15 is 0 Å². The molecule has 2 aromatic carbocycles. The maximum absolute atomic E-state index is 12.3. The number of rotatable bonds is 6. The fourth-order valence-corrected chi connectivity index (χ4v) is 3.49. The fraction of sp³-hybridized carbons (Fsp3) is 0.391. The highest BCUT2D eigenvalue weighted by Gasteiger charge is 2.18. The Morgan fingerprint density at radius 3 is 2.29 bits per heavy atom. The third-order valence-electron chi connectivity index (χ3n) is 5.32. The predicted molar refractivity (Wildman–Crippen MR) is 113 cm³/mol. The predicted octanol–water partition coefficient (Wildman–Crippen LogP) is 3.59. The third kappa shape index (κ3) is 5.35. The van der Waals surface area contributed by atoms with Crippen LogP contribution in [0.4, 0.5) is 11.4 Å². The van der Waals surface area contributed by atoms with E-state index in [9.17, 15) is 9.59 Å². The summed E-state index contributed by atoms with van der Waals surface area (Å²) in [4.78, 5) is 28.3. The van der Waals surface area contributed by atoms with Gasteiger partial charge in [-0.05, 0) is 48.6 Å². The first-order valence-electron chi connectivity index (χ1n) is 9.96. The molecule has 1 aliphatic heterocycles. The van der Waals surface area contributed by atoms with Crippen LogP contribution in [0.3, 0.4) is 0 Å². The van der Waals surface area contributed by atoms with Gasteiger partial charge >= 0.3 is 0 Å². The lowest BCUT2D eigenvalue weighted by Crippen LogP contribution is -2.39. The Morgan fingerprint density at radius 2 is 1.68 bits per heavy atom. The zero-order valence-corrected chi connectivity index (χ0v) is 16.7. The average molecular weight is 380 g/mol. The largest absolute Gasteiger partial charge is 0.372 e. The van der Waals surface area contributed by atoms with E-state index in [1.165, 1.54) is 30.4 Å². The number of anilines is 2. The molecule has 0 radical (unpaired) electrons. The summed E-state index contributed by atoms with van der Waals surface area (Å²) in [5.41, 5.74) is 2.95. The summed E-state index contributed by atoms with van der Waals surface area (Å²) in [6.45, 7) is 6.40. The van der Waals surface area contributed by atoms with Gasteiger partial charge in [-0.1, -0.05) is 37.3 Å². The highest BCUT2D eigenvalue weighted by atomic mass is 16.2. The average Bonchev–Trinajstić information content (AvgIpc) is 2.72. The van der Waals surface area contributed by atoms with Gasteiger partial charge in [0.25, 0.3) is 0 Å². The SMILES string of the molecule is CC(=O)N(CC(=O)NCc1ccccc1)c1ccc(N2CCC(C)CC2)cc1. The van der Waals surface area contributed by atoms with E-state index in [-0.39, 0.29) is 18.4 Å². The van der Waals surface area contributed by atoms with Crippen LogP contribution in [0.25, 0.3) is 0 Å². The quantitative estimate of drug-likeness (QED) is 0.834. The molecule has 1 fully saturated rings. The molecule has 0 bridgehead atoms. The van der Waals surface area contributed by atoms with Crippen LogP contribution in [-0.4, -0.2) is 31.4 Å². The van der Waals surface area contributed by atoms with Crippen LogP contribution in [0, 0.1) is 5.92 Å². The number of piperidine rings is 1. The van der Waals surface area contributed by atoms with Gasteiger partial charge in [0.2, 0.25) is 11.8 Å². The van der Waals surface area contributed by atoms with Crippen molar-refractivity contribution in [2.75, 3.05) is 29.4 Å². The van der Waals surface area contributed by atoms with Gasteiger partial charge in [-0.15, -0.1) is 0 Å². The van der Waals surface area contributed by atoms with Crippen LogP contribution in [0.2, 0.25) is 0 Å². The fourth-order valence-electron chi connectivity index (χ4n) is 3.49. The molecule has 28 heavy (non-hydrogen) atoms. The molecule has 5 nitrogen and oxygen atoms in total. The second-order valence-electron chi connectivity index (χ2n) is 7.55. The molecule has 5 heteroatoms. The van der Waals surface area contributed by atoms with Crippen LogP contribution in [-0.2, 0) is 16.1 Å². The highest BCUT2D eigenvalue weighted by molar-refractivity contribution is 5.97. The lowest BCUT2D eigenvalue weighted by atomic mass is 9.99. The molecule has 0 atom stereocenters. The minimum Gasteiger partial charge on any atom is -0.372 e. The Balaban J connectivity index is 1.60. The number of nitrogens with zero attached hydrogens (tertiary/aromatic N) is 2. The van der Waals surface area contributed by atoms with Crippen LogP contribution >= 0.6 is 0 Å². The van der Waals surface area contributed by atoms with E-state index in [0.717, 1.165) is 30.3 Å². The lowest BCUT2D eigenvalue weighted by Gasteiger charge is -2.32. The first kappa shape index (κ1) is 19.9. The normalized spacial score (nSPS) is 14.6. The Bertz CT molecular complexity index is 781. The summed E-state index contributed by atoms with van der Waals surface area (Å²) >= 11 is 0. The summed E-state index contributed by atoms with van der Waals surface area (Å²) in [6, 6.07) is 17.7. The number of hydrogen-bond acceptors (Lipinski definition) is 3. The topological polar surface area (TPSA) is 52.7 Å². The van der Waals surface area contributed by atoms with Crippen molar-refractivity contribution >= 4 is 23.2 Å². The number of hydrogen-bond donors (Lipinski definition) is 1. The van der Waals surface area contributed by atoms with Gasteiger partial charge in [0.05, 0.1) is 0 Å². The second kappa shape index (κ2) is 9.40. The monoisotopic (exact) mass is 379 g/mol. The van der Waals surface area contributed by atoms with E-state index in [0.29, 0.717) is 6.54 Å². The van der Waals surface area contributed by atoms with E-state index in [1.54, 1.807) is 0 Å². The molecule has 1 heterocycles. The molecule has 1 N–H and O–H groups in total. The van der Waals surface area contributed by atoms with E-state index in [4.69, 9.17) is 0 Å². The van der Waals surface area contributed by atoms with Gasteiger partial charge < -0.3 is 15.1 Å². The number of carbonyl (C=O) groups excluding carboxylic acids is 2. The Labute approximate surface area is 167 Å². The molecule has 148 valence electrons. The van der Waals surface area contributed by atoms with Crippen LogP contribution < -0.4 is 15.1 Å². The molecular weight excluding hydrogens is 350 g/mol. The molecule has 1 aliphatic rings. The minimum atomic E-state index is -0.173. The zero-order chi connectivity index (χ0) is 19.9. The van der Waals surface area contributed by atoms with Gasteiger partial charge in [-0.3, -0.25) is 9.59 Å². The first-order chi connectivity index (χ1) is 13.5. The van der Waals surface area contributed by atoms with Crippen LogP contribution in [0.5, 0.6) is 0 Å². The molecule has 1 saturated heterocycles. The smallest absolute Gasteiger partial charge is 0.240 e. The van der Waals surface area contributed by atoms with Crippen molar-refractivity contribution in [3.8, 4) is 0 Å². The molecule has 3 rings (SSSR count). The van der Waals surface area contributed by atoms with Crippen molar-refractivity contribution in [3.63, 3.8) is 0 Å². The van der Waals surface area contributed by atoms with Gasteiger partial charge in [0.1, 0.15) is 6.54 Å². The molecule has 0 spiro atoms. The van der Waals surface area contributed by atoms with Gasteiger partial charge in [0.15, 0.2) is 0 Å². The molecule has 0 unspecified atom stereocenters. The van der Waals surface area contributed by atoms with Gasteiger partial charge in [0, 0.05) is 37.9 Å². The maximum Gasteiger partial charge on any atom is 0.240 e. The van der Waals surface area contributed by atoms with Crippen molar-refractivity contribution < 1.29 is 9.59 Å². The maximum atomic E-state index is 12.3. The van der Waals surface area contributed by atoms with E-state index < -0.39 is 0 Å². The molecule has 2 aromatic rings. The molecule has 0 saturated carbocycles. The van der Waals surface area contributed by atoms with Gasteiger partial charge in [-0.25, -0.2) is 0 Å². The van der Waals surface area contributed by atoms with Crippen molar-refractivity contribution in [1.82, 2.24) is 5.32 Å². The summed E-state index contributed by atoms with van der Waals surface area (Å²) < 4.78 is 0. The minimum absolute atomic E-state index is 0.0166. The number of nitrogens with one attached hydrogen (secondary N) is 1. The second-order valence-corrected chi connectivity index (χ2v) is 7.55. The number of amides is 2. The molecule has 0 aromatic heterocycles. The van der Waals surface area contributed by atoms with Crippen LogP contribution in [0.1, 0.15) is 32.3 Å². The van der Waals surface area contributed by atoms with Crippen molar-refractivity contribution in [2.24, 2.45) is 5.92 Å². The summed E-state index contributed by atoms with van der Waals surface area (Å²) in [5, 5.41) is 2.88.